The molecule has 0 saturated carbocycles. The van der Waals surface area contributed by atoms with Crippen LogP contribution in [-0.4, -0.2) is 17.4 Å². The molecule has 3 rings (SSSR count). The Balaban J connectivity index is 1.80. The molecule has 0 unspecified atom stereocenters. The fourth-order valence-electron chi connectivity index (χ4n) is 3.24. The number of nitriles is 1. The maximum atomic E-state index is 12.7. The molecular formula is C27H24BrN3O5. The number of hydrogen-bond donors (Lipinski definition) is 1. The zero-order valence-electron chi connectivity index (χ0n) is 19.8. The van der Waals surface area contributed by atoms with Crippen molar-refractivity contribution in [2.24, 2.45) is 0 Å². The maximum Gasteiger partial charge on any atom is 0.269 e. The summed E-state index contributed by atoms with van der Waals surface area (Å²) in [4.78, 5) is 23.1. The van der Waals surface area contributed by atoms with E-state index >= 15 is 0 Å². The normalized spacial score (nSPS) is 10.9. The Morgan fingerprint density at radius 1 is 1.06 bits per heavy atom. The Bertz CT molecular complexity index is 1310. The number of hydrogen-bond acceptors (Lipinski definition) is 6. The third-order valence-electron chi connectivity index (χ3n) is 5.19. The quantitative estimate of drug-likeness (QED) is 0.134. The van der Waals surface area contributed by atoms with Gasteiger partial charge in [-0.25, -0.2) is 0 Å². The summed E-state index contributed by atoms with van der Waals surface area (Å²) < 4.78 is 12.2. The van der Waals surface area contributed by atoms with Crippen molar-refractivity contribution in [3.63, 3.8) is 0 Å². The van der Waals surface area contributed by atoms with Crippen molar-refractivity contribution in [1.29, 1.82) is 5.26 Å². The fourth-order valence-corrected chi connectivity index (χ4v) is 3.68. The Morgan fingerprint density at radius 2 is 1.69 bits per heavy atom. The number of amides is 1. The second kappa shape index (κ2) is 12.5. The number of carbonyl (C=O) groups excluding carboxylic acids is 1. The van der Waals surface area contributed by atoms with Gasteiger partial charge in [0.15, 0.2) is 11.5 Å². The van der Waals surface area contributed by atoms with Gasteiger partial charge in [0.1, 0.15) is 18.2 Å². The second-order valence-corrected chi connectivity index (χ2v) is 8.49. The van der Waals surface area contributed by atoms with Crippen molar-refractivity contribution in [2.45, 2.75) is 26.9 Å². The number of nitro benzene ring substituents is 1. The molecule has 1 amide bonds. The minimum absolute atomic E-state index is 0.00273. The molecule has 9 heteroatoms. The van der Waals surface area contributed by atoms with Crippen molar-refractivity contribution in [2.75, 3.05) is 11.9 Å². The molecule has 0 aliphatic rings. The number of non-ortho nitro benzene ring substituents is 1. The molecule has 0 fully saturated rings. The second-order valence-electron chi connectivity index (χ2n) is 7.64. The van der Waals surface area contributed by atoms with Crippen LogP contribution in [0.25, 0.3) is 6.08 Å². The first kappa shape index (κ1) is 26.4. The molecule has 0 spiro atoms. The predicted molar refractivity (Wildman–Crippen MR) is 141 cm³/mol. The van der Waals surface area contributed by atoms with Crippen LogP contribution in [0.5, 0.6) is 11.5 Å². The molecular weight excluding hydrogens is 526 g/mol. The summed E-state index contributed by atoms with van der Waals surface area (Å²) in [5, 5.41) is 23.2. The van der Waals surface area contributed by atoms with E-state index in [1.165, 1.54) is 18.2 Å². The monoisotopic (exact) mass is 549 g/mol. The average molecular weight is 550 g/mol. The standard InChI is InChI=1S/C27H24BrN3O5/c1-3-18-5-9-22(10-6-18)30-27(32)21(16-29)13-20-14-25(35-4-2)26(15-24(20)28)36-17-19-7-11-23(12-8-19)31(33)34/h5-15H,3-4,17H2,1-2H3,(H,30,32)/b21-13+. The molecule has 0 aliphatic heterocycles. The van der Waals surface area contributed by atoms with E-state index < -0.39 is 10.8 Å². The number of halogens is 1. The number of nitrogens with one attached hydrogen (secondary N) is 1. The van der Waals surface area contributed by atoms with Gasteiger partial charge in [-0.3, -0.25) is 14.9 Å². The van der Waals surface area contributed by atoms with E-state index in [1.807, 2.05) is 32.0 Å². The van der Waals surface area contributed by atoms with Crippen LogP contribution in [0, 0.1) is 21.4 Å². The van der Waals surface area contributed by atoms with Crippen LogP contribution in [0.3, 0.4) is 0 Å². The Morgan fingerprint density at radius 3 is 2.28 bits per heavy atom. The van der Waals surface area contributed by atoms with E-state index in [4.69, 9.17) is 9.47 Å². The van der Waals surface area contributed by atoms with Gasteiger partial charge >= 0.3 is 0 Å². The first-order valence-corrected chi connectivity index (χ1v) is 12.0. The van der Waals surface area contributed by atoms with Crippen LogP contribution < -0.4 is 14.8 Å². The summed E-state index contributed by atoms with van der Waals surface area (Å²) in [6, 6.07) is 18.8. The molecule has 8 nitrogen and oxygen atoms in total. The molecule has 0 atom stereocenters. The molecule has 0 aliphatic carbocycles. The van der Waals surface area contributed by atoms with Gasteiger partial charge in [0.2, 0.25) is 0 Å². The molecule has 36 heavy (non-hydrogen) atoms. The molecule has 3 aromatic rings. The lowest BCUT2D eigenvalue weighted by Crippen LogP contribution is -2.13. The lowest BCUT2D eigenvalue weighted by molar-refractivity contribution is -0.384. The lowest BCUT2D eigenvalue weighted by Gasteiger charge is -2.14. The third-order valence-corrected chi connectivity index (χ3v) is 5.88. The minimum atomic E-state index is -0.523. The number of carbonyl (C=O) groups is 1. The highest BCUT2D eigenvalue weighted by molar-refractivity contribution is 9.10. The number of aryl methyl sites for hydroxylation is 1. The Kier molecular flexibility index (Phi) is 9.19. The van der Waals surface area contributed by atoms with Crippen LogP contribution in [0.1, 0.15) is 30.5 Å². The van der Waals surface area contributed by atoms with Gasteiger partial charge in [0, 0.05) is 22.3 Å². The van der Waals surface area contributed by atoms with Crippen molar-refractivity contribution in [3.05, 3.63) is 97.5 Å². The van der Waals surface area contributed by atoms with Gasteiger partial charge in [0.05, 0.1) is 11.5 Å². The summed E-state index contributed by atoms with van der Waals surface area (Å²) in [7, 11) is 0. The highest BCUT2D eigenvalue weighted by Gasteiger charge is 2.15. The summed E-state index contributed by atoms with van der Waals surface area (Å²) >= 11 is 3.48. The molecule has 184 valence electrons. The molecule has 0 bridgehead atoms. The first-order chi connectivity index (χ1) is 17.3. The SMILES string of the molecule is CCOc1cc(/C=C(\C#N)C(=O)Nc2ccc(CC)cc2)c(Br)cc1OCc1ccc([N+](=O)[O-])cc1. The zero-order valence-corrected chi connectivity index (χ0v) is 21.4. The van der Waals surface area contributed by atoms with E-state index in [0.29, 0.717) is 33.8 Å². The predicted octanol–water partition coefficient (Wildman–Crippen LogP) is 6.44. The van der Waals surface area contributed by atoms with Crippen molar-refractivity contribution < 1.29 is 19.2 Å². The molecule has 0 aromatic heterocycles. The Labute approximate surface area is 217 Å². The van der Waals surface area contributed by atoms with E-state index in [0.717, 1.165) is 17.5 Å². The molecule has 1 N–H and O–H groups in total. The summed E-state index contributed by atoms with van der Waals surface area (Å²) in [5.41, 5.74) is 2.99. The van der Waals surface area contributed by atoms with Crippen LogP contribution in [0.4, 0.5) is 11.4 Å². The van der Waals surface area contributed by atoms with E-state index in [2.05, 4.69) is 21.2 Å². The highest BCUT2D eigenvalue weighted by Crippen LogP contribution is 2.35. The van der Waals surface area contributed by atoms with Crippen molar-refractivity contribution in [1.82, 2.24) is 0 Å². The minimum Gasteiger partial charge on any atom is -0.490 e. The number of ether oxygens (including phenoxy) is 2. The lowest BCUT2D eigenvalue weighted by atomic mass is 10.1. The van der Waals surface area contributed by atoms with Crippen LogP contribution in [-0.2, 0) is 17.8 Å². The van der Waals surface area contributed by atoms with Crippen LogP contribution in [0.15, 0.2) is 70.7 Å². The summed E-state index contributed by atoms with van der Waals surface area (Å²) in [6.45, 7) is 4.42. The largest absolute Gasteiger partial charge is 0.490 e. The number of benzene rings is 3. The number of nitro groups is 1. The highest BCUT2D eigenvalue weighted by atomic mass is 79.9. The van der Waals surface area contributed by atoms with Gasteiger partial charge in [-0.15, -0.1) is 0 Å². The van der Waals surface area contributed by atoms with Gasteiger partial charge in [-0.05, 0) is 72.5 Å². The molecule has 0 heterocycles. The van der Waals surface area contributed by atoms with Gasteiger partial charge in [-0.1, -0.05) is 35.0 Å². The molecule has 0 radical (unpaired) electrons. The zero-order chi connectivity index (χ0) is 26.1. The topological polar surface area (TPSA) is 114 Å². The van der Waals surface area contributed by atoms with E-state index in [9.17, 15) is 20.2 Å². The van der Waals surface area contributed by atoms with E-state index in [1.54, 1.807) is 36.4 Å². The van der Waals surface area contributed by atoms with Crippen molar-refractivity contribution >= 4 is 39.3 Å². The fraction of sp³-hybridized carbons (Fsp3) is 0.185. The van der Waals surface area contributed by atoms with Crippen LogP contribution >= 0.6 is 15.9 Å². The maximum absolute atomic E-state index is 12.7. The van der Waals surface area contributed by atoms with Crippen molar-refractivity contribution in [3.8, 4) is 17.6 Å². The Hall–Kier alpha value is -4.16. The van der Waals surface area contributed by atoms with Crippen LogP contribution in [0.2, 0.25) is 0 Å². The first-order valence-electron chi connectivity index (χ1n) is 11.2. The number of rotatable bonds is 10. The van der Waals surface area contributed by atoms with E-state index in [-0.39, 0.29) is 17.9 Å². The number of nitrogens with zero attached hydrogens (tertiary/aromatic N) is 2. The smallest absolute Gasteiger partial charge is 0.269 e. The molecule has 0 saturated heterocycles. The summed E-state index contributed by atoms with van der Waals surface area (Å²) in [6.07, 6.45) is 2.36. The molecule has 3 aromatic carbocycles. The van der Waals surface area contributed by atoms with Gasteiger partial charge in [0.25, 0.3) is 11.6 Å². The van der Waals surface area contributed by atoms with Gasteiger partial charge < -0.3 is 14.8 Å². The summed E-state index contributed by atoms with van der Waals surface area (Å²) in [5.74, 6) is 0.352. The number of anilines is 1. The third kappa shape index (κ3) is 6.93. The van der Waals surface area contributed by atoms with Gasteiger partial charge in [-0.2, -0.15) is 5.26 Å². The average Bonchev–Trinajstić information content (AvgIpc) is 2.88.